The Hall–Kier alpha value is -1.29. The normalized spacial score (nSPS) is 10.7. The topological polar surface area (TPSA) is 30.7 Å². The van der Waals surface area contributed by atoms with Crippen molar-refractivity contribution >= 4 is 11.8 Å². The van der Waals surface area contributed by atoms with Gasteiger partial charge >= 0.3 is 0 Å². The van der Waals surface area contributed by atoms with Crippen molar-refractivity contribution in [2.24, 2.45) is 0 Å². The summed E-state index contributed by atoms with van der Waals surface area (Å²) in [4.78, 5) is 0. The summed E-state index contributed by atoms with van der Waals surface area (Å²) in [5.41, 5.74) is 2.38. The monoisotopic (exact) mass is 233 g/mol. The third-order valence-corrected chi connectivity index (χ3v) is 3.16. The summed E-state index contributed by atoms with van der Waals surface area (Å²) in [7, 11) is 0. The number of aryl methyl sites for hydroxylation is 1. The highest BCUT2D eigenvalue weighted by Crippen LogP contribution is 2.22. The van der Waals surface area contributed by atoms with Crippen LogP contribution in [0.2, 0.25) is 0 Å². The van der Waals surface area contributed by atoms with Crippen LogP contribution in [0.3, 0.4) is 0 Å². The highest BCUT2D eigenvalue weighted by Gasteiger charge is 2.11. The average Bonchev–Trinajstić information content (AvgIpc) is 2.71. The zero-order valence-corrected chi connectivity index (χ0v) is 10.6. The van der Waals surface area contributed by atoms with Gasteiger partial charge in [0.25, 0.3) is 0 Å². The maximum absolute atomic E-state index is 4.26. The molecule has 1 heterocycles. The number of hydrogen-bond donors (Lipinski definition) is 0. The molecule has 84 valence electrons. The second-order valence-electron chi connectivity index (χ2n) is 3.62. The summed E-state index contributed by atoms with van der Waals surface area (Å²) in [6.45, 7) is 5.10. The molecule has 0 unspecified atom stereocenters. The summed E-state index contributed by atoms with van der Waals surface area (Å²) < 4.78 is 2.14. The Kier molecular flexibility index (Phi) is 3.29. The van der Waals surface area contributed by atoms with E-state index in [9.17, 15) is 0 Å². The van der Waals surface area contributed by atoms with E-state index < -0.39 is 0 Å². The molecule has 1 aromatic carbocycles. The van der Waals surface area contributed by atoms with Gasteiger partial charge in [-0.15, -0.1) is 10.2 Å². The van der Waals surface area contributed by atoms with Crippen LogP contribution in [-0.4, -0.2) is 21.0 Å². The Bertz CT molecular complexity index is 491. The Morgan fingerprint density at radius 2 is 2.12 bits per heavy atom. The minimum absolute atomic E-state index is 0.895. The van der Waals surface area contributed by atoms with Gasteiger partial charge in [-0.2, -0.15) is 0 Å². The van der Waals surface area contributed by atoms with Gasteiger partial charge < -0.3 is 4.57 Å². The molecule has 0 atom stereocenters. The quantitative estimate of drug-likeness (QED) is 0.764. The fourth-order valence-corrected chi connectivity index (χ4v) is 2.28. The molecular weight excluding hydrogens is 218 g/mol. The van der Waals surface area contributed by atoms with Crippen LogP contribution in [0.1, 0.15) is 12.5 Å². The maximum Gasteiger partial charge on any atom is 0.191 e. The lowest BCUT2D eigenvalue weighted by atomic mass is 10.1. The Morgan fingerprint density at radius 3 is 2.75 bits per heavy atom. The standard InChI is InChI=1S/C12H15N3S/c1-4-15-11(13-14-12(15)16-3)10-7-5-6-9(2)8-10/h5-8H,4H2,1-3H3. The van der Waals surface area contributed by atoms with Crippen LogP contribution in [0.25, 0.3) is 11.4 Å². The summed E-state index contributed by atoms with van der Waals surface area (Å²) in [6.07, 6.45) is 2.02. The van der Waals surface area contributed by atoms with E-state index in [1.54, 1.807) is 11.8 Å². The van der Waals surface area contributed by atoms with Crippen molar-refractivity contribution in [1.82, 2.24) is 14.8 Å². The predicted molar refractivity (Wildman–Crippen MR) is 67.7 cm³/mol. The van der Waals surface area contributed by atoms with Crippen LogP contribution < -0.4 is 0 Å². The first-order valence-electron chi connectivity index (χ1n) is 5.30. The molecule has 3 nitrogen and oxygen atoms in total. The number of nitrogens with zero attached hydrogens (tertiary/aromatic N) is 3. The molecular formula is C12H15N3S. The highest BCUT2D eigenvalue weighted by atomic mass is 32.2. The molecule has 0 bridgehead atoms. The van der Waals surface area contributed by atoms with Crippen molar-refractivity contribution in [3.63, 3.8) is 0 Å². The summed E-state index contributed by atoms with van der Waals surface area (Å²) in [6, 6.07) is 8.36. The zero-order valence-electron chi connectivity index (χ0n) is 9.77. The van der Waals surface area contributed by atoms with Crippen LogP contribution in [0.15, 0.2) is 29.4 Å². The lowest BCUT2D eigenvalue weighted by Gasteiger charge is -2.06. The first-order chi connectivity index (χ1) is 7.76. The number of rotatable bonds is 3. The van der Waals surface area contributed by atoms with E-state index in [-0.39, 0.29) is 0 Å². The van der Waals surface area contributed by atoms with E-state index >= 15 is 0 Å². The van der Waals surface area contributed by atoms with Gasteiger partial charge in [0.05, 0.1) is 0 Å². The Balaban J connectivity index is 2.51. The number of hydrogen-bond acceptors (Lipinski definition) is 3. The van der Waals surface area contributed by atoms with E-state index in [0.717, 1.165) is 23.1 Å². The first-order valence-corrected chi connectivity index (χ1v) is 6.53. The molecule has 2 aromatic rings. The molecule has 0 fully saturated rings. The largest absolute Gasteiger partial charge is 0.302 e. The SMILES string of the molecule is CCn1c(SC)nnc1-c1cccc(C)c1. The van der Waals surface area contributed by atoms with Crippen LogP contribution in [0.4, 0.5) is 0 Å². The van der Waals surface area contributed by atoms with Crippen LogP contribution >= 0.6 is 11.8 Å². The van der Waals surface area contributed by atoms with Crippen molar-refractivity contribution in [2.75, 3.05) is 6.26 Å². The van der Waals surface area contributed by atoms with E-state index in [1.807, 2.05) is 6.26 Å². The lowest BCUT2D eigenvalue weighted by molar-refractivity contribution is 0.688. The highest BCUT2D eigenvalue weighted by molar-refractivity contribution is 7.98. The van der Waals surface area contributed by atoms with Gasteiger partial charge in [0.15, 0.2) is 11.0 Å². The number of aromatic nitrogens is 3. The molecule has 1 aromatic heterocycles. The molecule has 0 aliphatic carbocycles. The molecule has 2 rings (SSSR count). The summed E-state index contributed by atoms with van der Waals surface area (Å²) in [5.74, 6) is 0.954. The number of thioether (sulfide) groups is 1. The van der Waals surface area contributed by atoms with Gasteiger partial charge in [0.1, 0.15) is 0 Å². The summed E-state index contributed by atoms with van der Waals surface area (Å²) >= 11 is 1.63. The van der Waals surface area contributed by atoms with Crippen molar-refractivity contribution in [3.05, 3.63) is 29.8 Å². The molecule has 0 N–H and O–H groups in total. The lowest BCUT2D eigenvalue weighted by Crippen LogP contribution is -1.99. The molecule has 0 saturated heterocycles. The molecule has 0 spiro atoms. The van der Waals surface area contributed by atoms with Crippen molar-refractivity contribution in [1.29, 1.82) is 0 Å². The molecule has 4 heteroatoms. The fourth-order valence-electron chi connectivity index (χ4n) is 1.72. The van der Waals surface area contributed by atoms with Gasteiger partial charge in [0.2, 0.25) is 0 Å². The second kappa shape index (κ2) is 4.70. The molecule has 0 aliphatic heterocycles. The smallest absolute Gasteiger partial charge is 0.191 e. The fraction of sp³-hybridized carbons (Fsp3) is 0.333. The summed E-state index contributed by atoms with van der Waals surface area (Å²) in [5, 5.41) is 9.42. The Morgan fingerprint density at radius 1 is 1.31 bits per heavy atom. The van der Waals surface area contributed by atoms with Gasteiger partial charge in [-0.3, -0.25) is 0 Å². The van der Waals surface area contributed by atoms with Crippen molar-refractivity contribution < 1.29 is 0 Å². The van der Waals surface area contributed by atoms with E-state index in [4.69, 9.17) is 0 Å². The number of benzene rings is 1. The molecule has 16 heavy (non-hydrogen) atoms. The molecule has 0 radical (unpaired) electrons. The van der Waals surface area contributed by atoms with Crippen molar-refractivity contribution in [2.45, 2.75) is 25.5 Å². The van der Waals surface area contributed by atoms with Crippen LogP contribution in [0.5, 0.6) is 0 Å². The zero-order chi connectivity index (χ0) is 11.5. The van der Waals surface area contributed by atoms with Crippen LogP contribution in [0, 0.1) is 6.92 Å². The maximum atomic E-state index is 4.26. The van der Waals surface area contributed by atoms with Gasteiger partial charge in [-0.25, -0.2) is 0 Å². The molecule has 0 amide bonds. The molecule has 0 aliphatic rings. The third-order valence-electron chi connectivity index (χ3n) is 2.49. The third kappa shape index (κ3) is 1.97. The minimum Gasteiger partial charge on any atom is -0.302 e. The van der Waals surface area contributed by atoms with Gasteiger partial charge in [-0.05, 0) is 26.2 Å². The second-order valence-corrected chi connectivity index (χ2v) is 4.40. The first kappa shape index (κ1) is 11.2. The van der Waals surface area contributed by atoms with Gasteiger partial charge in [0, 0.05) is 12.1 Å². The van der Waals surface area contributed by atoms with Crippen LogP contribution in [-0.2, 0) is 6.54 Å². The van der Waals surface area contributed by atoms with E-state index in [1.165, 1.54) is 5.56 Å². The Labute approximate surface area is 99.9 Å². The van der Waals surface area contributed by atoms with E-state index in [0.29, 0.717) is 0 Å². The van der Waals surface area contributed by atoms with Crippen molar-refractivity contribution in [3.8, 4) is 11.4 Å². The van der Waals surface area contributed by atoms with Gasteiger partial charge in [-0.1, -0.05) is 35.5 Å². The minimum atomic E-state index is 0.895. The van der Waals surface area contributed by atoms with E-state index in [2.05, 4.69) is 52.9 Å². The molecule has 0 saturated carbocycles. The average molecular weight is 233 g/mol. The predicted octanol–water partition coefficient (Wildman–Crippen LogP) is 3.00.